The van der Waals surface area contributed by atoms with Crippen LogP contribution in [-0.4, -0.2) is 23.9 Å². The van der Waals surface area contributed by atoms with Crippen molar-refractivity contribution in [3.8, 4) is 0 Å². The number of aliphatic carboxylic acids is 4. The summed E-state index contributed by atoms with van der Waals surface area (Å²) < 4.78 is 0. The van der Waals surface area contributed by atoms with Crippen LogP contribution in [0.3, 0.4) is 0 Å². The second kappa shape index (κ2) is 14.5. The summed E-state index contributed by atoms with van der Waals surface area (Å²) in [6.45, 7) is 19.2. The van der Waals surface area contributed by atoms with E-state index in [9.17, 15) is 39.6 Å². The number of carbonyl (C=O) groups is 4. The molecule has 0 unspecified atom stereocenters. The van der Waals surface area contributed by atoms with Crippen molar-refractivity contribution in [2.24, 2.45) is 21.7 Å². The fraction of sp³-hybridized carbons (Fsp3) is 0.800. The zero-order valence-electron chi connectivity index (χ0n) is 19.6. The molecule has 0 fully saturated rings. The van der Waals surface area contributed by atoms with E-state index in [0.29, 0.717) is 0 Å². The van der Waals surface area contributed by atoms with Crippen molar-refractivity contribution in [3.63, 3.8) is 0 Å². The molecule has 0 spiro atoms. The average Bonchev–Trinajstić information content (AvgIpc) is 2.35. The quantitative estimate of drug-likeness (QED) is 0.349. The van der Waals surface area contributed by atoms with Gasteiger partial charge in [-0.3, -0.25) is 0 Å². The first-order chi connectivity index (χ1) is 11.8. The van der Waals surface area contributed by atoms with Gasteiger partial charge in [-0.15, -0.1) is 0 Å². The average molecular weight is 597 g/mol. The number of hydrogen-bond acceptors (Lipinski definition) is 8. The first kappa shape index (κ1) is 38.2. The summed E-state index contributed by atoms with van der Waals surface area (Å²) in [4.78, 5) is 39.6. The minimum atomic E-state index is -1.01. The first-order valence-corrected chi connectivity index (χ1v) is 8.63. The smallest absolute Gasteiger partial charge is 0.550 e. The zero-order chi connectivity index (χ0) is 24.3. The number of carboxylic acid groups (broad SMARTS) is 4. The van der Waals surface area contributed by atoms with Gasteiger partial charge in [0.05, 0.1) is 0 Å². The molecule has 0 atom stereocenters. The van der Waals surface area contributed by atoms with Crippen LogP contribution in [-0.2, 0) is 39.3 Å². The van der Waals surface area contributed by atoms with Crippen LogP contribution in [0, 0.1) is 21.7 Å². The molecule has 173 valence electrons. The summed E-state index contributed by atoms with van der Waals surface area (Å²) in [5, 5.41) is 39.6. The second-order valence-corrected chi connectivity index (χ2v) is 10.1. The Morgan fingerprint density at radius 1 is 0.379 bits per heavy atom. The van der Waals surface area contributed by atoms with E-state index in [0.717, 1.165) is 0 Å². The number of carbonyl (C=O) groups excluding carboxylic acids is 4. The third-order valence-corrected chi connectivity index (χ3v) is 2.45. The van der Waals surface area contributed by atoms with Gasteiger partial charge in [0.2, 0.25) is 0 Å². The van der Waals surface area contributed by atoms with E-state index >= 15 is 0 Å². The largest absolute Gasteiger partial charge is 4.00 e. The molecule has 8 nitrogen and oxygen atoms in total. The van der Waals surface area contributed by atoms with Crippen molar-refractivity contribution >= 4 is 23.9 Å². The van der Waals surface area contributed by atoms with Crippen LogP contribution in [0.4, 0.5) is 0 Å². The SMILES string of the molecule is CC(C)(C)C(=O)[O-].CC(C)(C)C(=O)[O-].CC(C)(C)C(=O)[O-].CC(C)(C)C(=O)[O-].[Ir+4]. The summed E-state index contributed by atoms with van der Waals surface area (Å²) in [7, 11) is 0. The fourth-order valence-electron chi connectivity index (χ4n) is 0. The molecule has 1 radical (unpaired) electrons. The van der Waals surface area contributed by atoms with Crippen LogP contribution in [0.5, 0.6) is 0 Å². The molecule has 0 aliphatic heterocycles. The minimum absolute atomic E-state index is 0. The van der Waals surface area contributed by atoms with Gasteiger partial charge in [0.1, 0.15) is 0 Å². The van der Waals surface area contributed by atoms with Crippen LogP contribution in [0.2, 0.25) is 0 Å². The molecule has 0 saturated heterocycles. The second-order valence-electron chi connectivity index (χ2n) is 10.1. The molecule has 9 heteroatoms. The topological polar surface area (TPSA) is 161 Å². The molecular formula is C20H36IrO8. The Labute approximate surface area is 188 Å². The molecule has 0 saturated carbocycles. The van der Waals surface area contributed by atoms with Crippen LogP contribution < -0.4 is 20.4 Å². The Kier molecular flexibility index (Phi) is 19.1. The Morgan fingerprint density at radius 3 is 0.414 bits per heavy atom. The van der Waals surface area contributed by atoms with Crippen LogP contribution in [0.25, 0.3) is 0 Å². The van der Waals surface area contributed by atoms with Crippen molar-refractivity contribution in [2.75, 3.05) is 0 Å². The molecule has 0 aromatic rings. The Bertz CT molecular complexity index is 417. The number of carboxylic acids is 4. The third-order valence-electron chi connectivity index (χ3n) is 2.45. The van der Waals surface area contributed by atoms with Gasteiger partial charge in [-0.2, -0.15) is 0 Å². The summed E-state index contributed by atoms with van der Waals surface area (Å²) in [6, 6.07) is 0. The van der Waals surface area contributed by atoms with Crippen LogP contribution in [0.15, 0.2) is 0 Å². The van der Waals surface area contributed by atoms with Gasteiger partial charge in [0, 0.05) is 45.5 Å². The van der Waals surface area contributed by atoms with Crippen molar-refractivity contribution in [1.29, 1.82) is 0 Å². The summed E-state index contributed by atoms with van der Waals surface area (Å²) >= 11 is 0. The molecule has 0 heterocycles. The van der Waals surface area contributed by atoms with Gasteiger partial charge < -0.3 is 39.6 Å². The molecule has 29 heavy (non-hydrogen) atoms. The number of hydrogen-bond donors (Lipinski definition) is 0. The molecule has 0 amide bonds. The predicted molar refractivity (Wildman–Crippen MR) is 97.8 cm³/mol. The monoisotopic (exact) mass is 597 g/mol. The van der Waals surface area contributed by atoms with Gasteiger partial charge >= 0.3 is 20.1 Å². The van der Waals surface area contributed by atoms with Crippen LogP contribution >= 0.6 is 0 Å². The van der Waals surface area contributed by atoms with Gasteiger partial charge in [-0.1, -0.05) is 83.1 Å². The summed E-state index contributed by atoms with van der Waals surface area (Å²) in [6.07, 6.45) is 0. The third kappa shape index (κ3) is 31.4. The van der Waals surface area contributed by atoms with Crippen molar-refractivity contribution in [3.05, 3.63) is 0 Å². The number of rotatable bonds is 0. The van der Waals surface area contributed by atoms with Crippen molar-refractivity contribution in [2.45, 2.75) is 83.1 Å². The summed E-state index contributed by atoms with van der Waals surface area (Å²) in [5.74, 6) is -4.03. The fourth-order valence-corrected chi connectivity index (χ4v) is 0. The maximum Gasteiger partial charge on any atom is 4.00 e. The molecule has 0 bridgehead atoms. The van der Waals surface area contributed by atoms with Crippen molar-refractivity contribution in [1.82, 2.24) is 0 Å². The van der Waals surface area contributed by atoms with Crippen LogP contribution in [0.1, 0.15) is 83.1 Å². The van der Waals surface area contributed by atoms with E-state index < -0.39 is 45.5 Å². The van der Waals surface area contributed by atoms with Gasteiger partial charge in [0.25, 0.3) is 0 Å². The zero-order valence-corrected chi connectivity index (χ0v) is 22.0. The first-order valence-electron chi connectivity index (χ1n) is 8.63. The molecule has 0 aromatic carbocycles. The van der Waals surface area contributed by atoms with Gasteiger partial charge in [-0.25, -0.2) is 0 Å². The molecule has 0 aliphatic carbocycles. The molecular weight excluding hydrogens is 560 g/mol. The van der Waals surface area contributed by atoms with E-state index in [1.807, 2.05) is 0 Å². The standard InChI is InChI=1S/4C5H10O2.Ir/c4*1-5(2,3)4(6)7;/h4*1-3H3,(H,6,7);/q;;;;+4/p-4. The summed E-state index contributed by atoms with van der Waals surface area (Å²) in [5.41, 5.74) is -2.78. The predicted octanol–water partition coefficient (Wildman–Crippen LogP) is -0.873. The molecule has 0 aliphatic rings. The Balaban J connectivity index is -0.0000000873. The van der Waals surface area contributed by atoms with E-state index in [-0.39, 0.29) is 20.1 Å². The normalized spacial score (nSPS) is 10.9. The van der Waals surface area contributed by atoms with E-state index in [1.165, 1.54) is 0 Å². The van der Waals surface area contributed by atoms with Gasteiger partial charge in [-0.05, 0) is 0 Å². The van der Waals surface area contributed by atoms with E-state index in [4.69, 9.17) is 0 Å². The van der Waals surface area contributed by atoms with E-state index in [1.54, 1.807) is 83.1 Å². The minimum Gasteiger partial charge on any atom is -0.550 e. The molecule has 0 N–H and O–H groups in total. The molecule has 0 rings (SSSR count). The molecule has 0 aromatic heterocycles. The Hall–Kier alpha value is -1.47. The maximum atomic E-state index is 9.91. The maximum absolute atomic E-state index is 9.91. The van der Waals surface area contributed by atoms with Gasteiger partial charge in [0.15, 0.2) is 0 Å². The Morgan fingerprint density at radius 2 is 0.414 bits per heavy atom. The van der Waals surface area contributed by atoms with Crippen molar-refractivity contribution < 1.29 is 59.7 Å². The van der Waals surface area contributed by atoms with E-state index in [2.05, 4.69) is 0 Å².